The molecule has 0 bridgehead atoms. The molecule has 90 valence electrons. The summed E-state index contributed by atoms with van der Waals surface area (Å²) < 4.78 is 0. The molecule has 0 saturated carbocycles. The highest BCUT2D eigenvalue weighted by atomic mass is 16.2. The largest absolute Gasteiger partial charge is 0.338 e. The van der Waals surface area contributed by atoms with Crippen molar-refractivity contribution in [1.29, 1.82) is 0 Å². The minimum Gasteiger partial charge on any atom is -0.338 e. The molecule has 1 amide bonds. The number of pyridine rings is 1. The van der Waals surface area contributed by atoms with Gasteiger partial charge in [-0.2, -0.15) is 0 Å². The van der Waals surface area contributed by atoms with Gasteiger partial charge in [0.2, 0.25) is 5.91 Å². The van der Waals surface area contributed by atoms with E-state index >= 15 is 0 Å². The number of rotatable bonds is 2. The van der Waals surface area contributed by atoms with Crippen LogP contribution in [0.4, 0.5) is 0 Å². The Hall–Kier alpha value is -1.68. The molecule has 4 nitrogen and oxygen atoms in total. The topological polar surface area (TPSA) is 59.2 Å². The third-order valence-electron chi connectivity index (χ3n) is 2.87. The van der Waals surface area contributed by atoms with Crippen molar-refractivity contribution in [3.8, 4) is 0 Å². The van der Waals surface area contributed by atoms with Crippen LogP contribution < -0.4 is 5.73 Å². The number of hydrogen-bond acceptors (Lipinski definition) is 3. The van der Waals surface area contributed by atoms with E-state index in [1.54, 1.807) is 29.4 Å². The fourth-order valence-electron chi connectivity index (χ4n) is 1.96. The van der Waals surface area contributed by atoms with Gasteiger partial charge < -0.3 is 10.6 Å². The van der Waals surface area contributed by atoms with Crippen LogP contribution in [-0.4, -0.2) is 34.9 Å². The molecule has 0 aliphatic carbocycles. The van der Waals surface area contributed by atoms with Crippen LogP contribution in [0.25, 0.3) is 6.08 Å². The molecule has 1 aliphatic heterocycles. The summed E-state index contributed by atoms with van der Waals surface area (Å²) in [5, 5.41) is 0. The van der Waals surface area contributed by atoms with Crippen LogP contribution in [0.3, 0.4) is 0 Å². The number of carbonyl (C=O) groups is 1. The monoisotopic (exact) mass is 231 g/mol. The molecule has 2 heterocycles. The van der Waals surface area contributed by atoms with Crippen molar-refractivity contribution in [2.75, 3.05) is 13.1 Å². The van der Waals surface area contributed by atoms with Crippen LogP contribution in [-0.2, 0) is 4.79 Å². The van der Waals surface area contributed by atoms with Gasteiger partial charge in [-0.25, -0.2) is 0 Å². The van der Waals surface area contributed by atoms with Gasteiger partial charge >= 0.3 is 0 Å². The van der Waals surface area contributed by atoms with E-state index in [-0.39, 0.29) is 11.9 Å². The third-order valence-corrected chi connectivity index (χ3v) is 2.87. The lowest BCUT2D eigenvalue weighted by molar-refractivity contribution is -0.127. The Morgan fingerprint density at radius 1 is 1.59 bits per heavy atom. The molecule has 4 heteroatoms. The number of nitrogens with two attached hydrogens (primary N) is 1. The molecular formula is C13H17N3O. The van der Waals surface area contributed by atoms with Crippen LogP contribution in [0.15, 0.2) is 30.6 Å². The van der Waals surface area contributed by atoms with Crippen molar-refractivity contribution >= 4 is 12.0 Å². The second kappa shape index (κ2) is 5.59. The molecule has 0 unspecified atom stereocenters. The lowest BCUT2D eigenvalue weighted by atomic mass is 10.1. The lowest BCUT2D eigenvalue weighted by Gasteiger charge is -2.29. The zero-order chi connectivity index (χ0) is 12.1. The second-order valence-electron chi connectivity index (χ2n) is 4.31. The second-order valence-corrected chi connectivity index (χ2v) is 4.31. The first-order valence-electron chi connectivity index (χ1n) is 5.88. The number of hydrogen-bond donors (Lipinski definition) is 1. The van der Waals surface area contributed by atoms with E-state index in [1.165, 1.54) is 0 Å². The first-order valence-corrected chi connectivity index (χ1v) is 5.88. The van der Waals surface area contributed by atoms with E-state index in [0.29, 0.717) is 6.54 Å². The normalized spacial score (nSPS) is 20.8. The van der Waals surface area contributed by atoms with Gasteiger partial charge in [0.25, 0.3) is 0 Å². The molecule has 1 saturated heterocycles. The summed E-state index contributed by atoms with van der Waals surface area (Å²) in [5.74, 6) is 0.0315. The first kappa shape index (κ1) is 11.8. The zero-order valence-electron chi connectivity index (χ0n) is 9.75. The average Bonchev–Trinajstić information content (AvgIpc) is 2.37. The molecule has 0 spiro atoms. The van der Waals surface area contributed by atoms with Gasteiger partial charge in [0, 0.05) is 37.6 Å². The predicted molar refractivity (Wildman–Crippen MR) is 67.1 cm³/mol. The summed E-state index contributed by atoms with van der Waals surface area (Å²) in [5.41, 5.74) is 6.77. The van der Waals surface area contributed by atoms with Crippen LogP contribution in [0.1, 0.15) is 18.4 Å². The van der Waals surface area contributed by atoms with Crippen LogP contribution >= 0.6 is 0 Å². The van der Waals surface area contributed by atoms with Gasteiger partial charge in [-0.1, -0.05) is 6.07 Å². The molecule has 2 N–H and O–H groups in total. The Kier molecular flexibility index (Phi) is 3.88. The third kappa shape index (κ3) is 3.39. The quantitative estimate of drug-likeness (QED) is 0.774. The number of carbonyl (C=O) groups excluding carboxylic acids is 1. The van der Waals surface area contributed by atoms with Crippen LogP contribution in [0, 0.1) is 0 Å². The molecule has 0 aromatic carbocycles. The van der Waals surface area contributed by atoms with Crippen molar-refractivity contribution in [2.45, 2.75) is 18.9 Å². The van der Waals surface area contributed by atoms with Crippen molar-refractivity contribution in [3.63, 3.8) is 0 Å². The van der Waals surface area contributed by atoms with Gasteiger partial charge in [-0.15, -0.1) is 0 Å². The smallest absolute Gasteiger partial charge is 0.246 e. The van der Waals surface area contributed by atoms with E-state index < -0.39 is 0 Å². The molecule has 1 aliphatic rings. The molecule has 1 atom stereocenters. The van der Waals surface area contributed by atoms with Crippen molar-refractivity contribution < 1.29 is 4.79 Å². The summed E-state index contributed by atoms with van der Waals surface area (Å²) in [6.07, 6.45) is 8.82. The van der Waals surface area contributed by atoms with E-state index in [9.17, 15) is 4.79 Å². The fourth-order valence-corrected chi connectivity index (χ4v) is 1.96. The molecule has 1 aromatic rings. The Bertz CT molecular complexity index is 402. The van der Waals surface area contributed by atoms with E-state index in [1.807, 2.05) is 12.1 Å². The summed E-state index contributed by atoms with van der Waals surface area (Å²) in [6.45, 7) is 1.47. The highest BCUT2D eigenvalue weighted by Gasteiger charge is 2.19. The van der Waals surface area contributed by atoms with Crippen molar-refractivity contribution in [1.82, 2.24) is 9.88 Å². The minimum absolute atomic E-state index is 0.0315. The van der Waals surface area contributed by atoms with E-state index in [2.05, 4.69) is 4.98 Å². The summed E-state index contributed by atoms with van der Waals surface area (Å²) in [4.78, 5) is 17.7. The predicted octanol–water partition coefficient (Wildman–Crippen LogP) is 1.04. The summed E-state index contributed by atoms with van der Waals surface area (Å²) >= 11 is 0. The first-order chi connectivity index (χ1) is 8.25. The van der Waals surface area contributed by atoms with E-state index in [0.717, 1.165) is 24.9 Å². The van der Waals surface area contributed by atoms with Gasteiger partial charge in [-0.05, 0) is 30.5 Å². The zero-order valence-corrected chi connectivity index (χ0v) is 9.75. The molecule has 2 rings (SSSR count). The standard InChI is InChI=1S/C13H17N3O/c14-12-4-2-8-16(10-12)13(17)6-5-11-3-1-7-15-9-11/h1,3,5-7,9,12H,2,4,8,10,14H2/b6-5+/t12-/m0/s1. The maximum absolute atomic E-state index is 11.9. The maximum atomic E-state index is 11.9. The van der Waals surface area contributed by atoms with Crippen molar-refractivity contribution in [3.05, 3.63) is 36.2 Å². The summed E-state index contributed by atoms with van der Waals surface area (Å²) in [6, 6.07) is 3.89. The van der Waals surface area contributed by atoms with Crippen LogP contribution in [0.2, 0.25) is 0 Å². The SMILES string of the molecule is N[C@H]1CCCN(C(=O)/C=C/c2cccnc2)C1. The Balaban J connectivity index is 1.94. The molecule has 0 radical (unpaired) electrons. The van der Waals surface area contributed by atoms with Gasteiger partial charge in [0.15, 0.2) is 0 Å². The van der Waals surface area contributed by atoms with Gasteiger partial charge in [-0.3, -0.25) is 9.78 Å². The Labute approximate surface area is 101 Å². The molecule has 1 aromatic heterocycles. The average molecular weight is 231 g/mol. The number of amides is 1. The molecule has 1 fully saturated rings. The van der Waals surface area contributed by atoms with Gasteiger partial charge in [0.1, 0.15) is 0 Å². The molecular weight excluding hydrogens is 214 g/mol. The Morgan fingerprint density at radius 2 is 2.47 bits per heavy atom. The molecule has 17 heavy (non-hydrogen) atoms. The van der Waals surface area contributed by atoms with Gasteiger partial charge in [0.05, 0.1) is 0 Å². The highest BCUT2D eigenvalue weighted by molar-refractivity contribution is 5.91. The highest BCUT2D eigenvalue weighted by Crippen LogP contribution is 2.09. The Morgan fingerprint density at radius 3 is 3.18 bits per heavy atom. The van der Waals surface area contributed by atoms with E-state index in [4.69, 9.17) is 5.73 Å². The fraction of sp³-hybridized carbons (Fsp3) is 0.385. The minimum atomic E-state index is 0.0315. The van der Waals surface area contributed by atoms with Crippen LogP contribution in [0.5, 0.6) is 0 Å². The number of aromatic nitrogens is 1. The summed E-state index contributed by atoms with van der Waals surface area (Å²) in [7, 11) is 0. The number of nitrogens with zero attached hydrogens (tertiary/aromatic N) is 2. The number of likely N-dealkylation sites (tertiary alicyclic amines) is 1. The van der Waals surface area contributed by atoms with Crippen molar-refractivity contribution in [2.24, 2.45) is 5.73 Å². The number of piperidine rings is 1. The maximum Gasteiger partial charge on any atom is 0.246 e. The lowest BCUT2D eigenvalue weighted by Crippen LogP contribution is -2.45.